The van der Waals surface area contributed by atoms with Crippen LogP contribution in [0.3, 0.4) is 0 Å². The molecule has 2 N–H and O–H groups in total. The number of aromatic nitrogens is 2. The number of carbonyl (C=O) groups is 1. The molecule has 0 radical (unpaired) electrons. The fraction of sp³-hybridized carbons (Fsp3) is 0.600. The molecular weight excluding hydrogens is 240 g/mol. The lowest BCUT2D eigenvalue weighted by molar-refractivity contribution is -0.384. The Balaban J connectivity index is 3.08. The Bertz CT molecular complexity index is 470. The largest absolute Gasteiger partial charge is 0.480 e. The molecule has 0 amide bonds. The number of nitrogens with zero attached hydrogens (tertiary/aromatic N) is 3. The zero-order chi connectivity index (χ0) is 13.9. The van der Waals surface area contributed by atoms with Gasteiger partial charge in [-0.25, -0.2) is 4.79 Å². The summed E-state index contributed by atoms with van der Waals surface area (Å²) in [6.07, 6.45) is 2.21. The average Bonchev–Trinajstić information content (AvgIpc) is 2.59. The normalized spacial score (nSPS) is 13.9. The molecule has 18 heavy (non-hydrogen) atoms. The van der Waals surface area contributed by atoms with Gasteiger partial charge in [0.2, 0.25) is 5.82 Å². The summed E-state index contributed by atoms with van der Waals surface area (Å²) in [6, 6.07) is 0. The van der Waals surface area contributed by atoms with Gasteiger partial charge in [-0.15, -0.1) is 5.10 Å². The maximum Gasteiger partial charge on any atom is 0.330 e. The summed E-state index contributed by atoms with van der Waals surface area (Å²) in [5.41, 5.74) is -1.51. The van der Waals surface area contributed by atoms with Gasteiger partial charge in [-0.3, -0.25) is 14.8 Å². The summed E-state index contributed by atoms with van der Waals surface area (Å²) in [5, 5.41) is 26.5. The third-order valence-corrected chi connectivity index (χ3v) is 2.62. The number of anilines is 1. The maximum absolute atomic E-state index is 11.2. The van der Waals surface area contributed by atoms with Crippen LogP contribution in [0.5, 0.6) is 0 Å². The van der Waals surface area contributed by atoms with Crippen LogP contribution in [0.15, 0.2) is 6.20 Å². The third-order valence-electron chi connectivity index (χ3n) is 2.62. The molecule has 0 aliphatic rings. The fourth-order valence-corrected chi connectivity index (χ4v) is 1.68. The first kappa shape index (κ1) is 13.9. The van der Waals surface area contributed by atoms with Gasteiger partial charge in [0.15, 0.2) is 0 Å². The molecule has 8 heteroatoms. The minimum Gasteiger partial charge on any atom is -0.480 e. The number of carboxylic acids is 1. The van der Waals surface area contributed by atoms with E-state index in [0.29, 0.717) is 12.8 Å². The Labute approximate surface area is 104 Å². The molecule has 1 aromatic heterocycles. The van der Waals surface area contributed by atoms with Crippen LogP contribution in [0.4, 0.5) is 11.5 Å². The van der Waals surface area contributed by atoms with E-state index in [-0.39, 0.29) is 11.5 Å². The topological polar surface area (TPSA) is 110 Å². The molecule has 8 nitrogen and oxygen atoms in total. The molecule has 0 aromatic carbocycles. The van der Waals surface area contributed by atoms with Crippen molar-refractivity contribution in [2.24, 2.45) is 7.05 Å². The molecule has 1 atom stereocenters. The lowest BCUT2D eigenvalue weighted by Crippen LogP contribution is -2.43. The average molecular weight is 256 g/mol. The first-order valence-corrected chi connectivity index (χ1v) is 5.49. The maximum atomic E-state index is 11.2. The molecule has 0 saturated heterocycles. The Morgan fingerprint density at radius 3 is 2.78 bits per heavy atom. The number of nitrogens with one attached hydrogen (secondary N) is 1. The van der Waals surface area contributed by atoms with Crippen LogP contribution < -0.4 is 5.32 Å². The van der Waals surface area contributed by atoms with Crippen LogP contribution >= 0.6 is 0 Å². The highest BCUT2D eigenvalue weighted by Crippen LogP contribution is 2.27. The van der Waals surface area contributed by atoms with Crippen LogP contribution in [0.1, 0.15) is 26.7 Å². The number of carboxylic acid groups (broad SMARTS) is 1. The van der Waals surface area contributed by atoms with Crippen LogP contribution in [0.2, 0.25) is 0 Å². The standard InChI is InChI=1S/C10H16N4O4/c1-4-5-10(2,9(15)16)11-8-7(14(17)18)6-13(3)12-8/h6H,4-5H2,1-3H3,(H,11,12)(H,15,16). The number of hydrogen-bond acceptors (Lipinski definition) is 5. The van der Waals surface area contributed by atoms with Crippen molar-refractivity contribution in [1.29, 1.82) is 0 Å². The van der Waals surface area contributed by atoms with Crippen LogP contribution in [-0.4, -0.2) is 31.3 Å². The predicted molar refractivity (Wildman–Crippen MR) is 64.4 cm³/mol. The predicted octanol–water partition coefficient (Wildman–Crippen LogP) is 1.38. The Hall–Kier alpha value is -2.12. The molecule has 0 aliphatic heterocycles. The van der Waals surface area contributed by atoms with Crippen LogP contribution in [0, 0.1) is 10.1 Å². The molecule has 0 spiro atoms. The second kappa shape index (κ2) is 5.03. The van der Waals surface area contributed by atoms with Crippen molar-refractivity contribution in [3.05, 3.63) is 16.3 Å². The van der Waals surface area contributed by atoms with Gasteiger partial charge in [-0.05, 0) is 13.3 Å². The fourth-order valence-electron chi connectivity index (χ4n) is 1.68. The van der Waals surface area contributed by atoms with Gasteiger partial charge >= 0.3 is 11.7 Å². The molecule has 0 aliphatic carbocycles. The van der Waals surface area contributed by atoms with Crippen molar-refractivity contribution in [2.45, 2.75) is 32.2 Å². The molecular formula is C10H16N4O4. The molecule has 1 aromatic rings. The van der Waals surface area contributed by atoms with Crippen molar-refractivity contribution in [3.8, 4) is 0 Å². The summed E-state index contributed by atoms with van der Waals surface area (Å²) in [6.45, 7) is 3.33. The molecule has 100 valence electrons. The summed E-state index contributed by atoms with van der Waals surface area (Å²) in [4.78, 5) is 21.5. The number of rotatable bonds is 6. The van der Waals surface area contributed by atoms with Gasteiger partial charge in [0.25, 0.3) is 0 Å². The molecule has 0 saturated carbocycles. The Morgan fingerprint density at radius 2 is 2.33 bits per heavy atom. The van der Waals surface area contributed by atoms with E-state index in [4.69, 9.17) is 0 Å². The van der Waals surface area contributed by atoms with Gasteiger partial charge in [0.05, 0.1) is 4.92 Å². The Kier molecular flexibility index (Phi) is 3.89. The minimum absolute atomic E-state index is 0.0270. The van der Waals surface area contributed by atoms with Gasteiger partial charge in [0, 0.05) is 7.05 Å². The highest BCUT2D eigenvalue weighted by Gasteiger charge is 2.35. The summed E-state index contributed by atoms with van der Waals surface area (Å²) in [7, 11) is 1.54. The lowest BCUT2D eigenvalue weighted by atomic mass is 9.96. The minimum atomic E-state index is -1.27. The van der Waals surface area contributed by atoms with Crippen LogP contribution in [-0.2, 0) is 11.8 Å². The van der Waals surface area contributed by atoms with E-state index in [0.717, 1.165) is 0 Å². The summed E-state index contributed by atoms with van der Waals surface area (Å²) < 4.78 is 1.27. The highest BCUT2D eigenvalue weighted by molar-refractivity contribution is 5.82. The monoisotopic (exact) mass is 256 g/mol. The van der Waals surface area contributed by atoms with Crippen LogP contribution in [0.25, 0.3) is 0 Å². The zero-order valence-corrected chi connectivity index (χ0v) is 10.5. The van der Waals surface area contributed by atoms with E-state index in [1.807, 2.05) is 6.92 Å². The summed E-state index contributed by atoms with van der Waals surface area (Å²) in [5.74, 6) is -1.09. The van der Waals surface area contributed by atoms with Gasteiger partial charge in [-0.2, -0.15) is 0 Å². The lowest BCUT2D eigenvalue weighted by Gasteiger charge is -2.25. The smallest absolute Gasteiger partial charge is 0.330 e. The molecule has 1 heterocycles. The van der Waals surface area contributed by atoms with E-state index >= 15 is 0 Å². The second-order valence-corrected chi connectivity index (χ2v) is 4.31. The first-order valence-electron chi connectivity index (χ1n) is 5.49. The number of hydrogen-bond donors (Lipinski definition) is 2. The van der Waals surface area contributed by atoms with Crippen molar-refractivity contribution in [1.82, 2.24) is 9.78 Å². The quantitative estimate of drug-likeness (QED) is 0.587. The van der Waals surface area contributed by atoms with E-state index < -0.39 is 16.4 Å². The number of aryl methyl sites for hydroxylation is 1. The van der Waals surface area contributed by atoms with Crippen molar-refractivity contribution in [3.63, 3.8) is 0 Å². The van der Waals surface area contributed by atoms with E-state index in [1.54, 1.807) is 0 Å². The van der Waals surface area contributed by atoms with E-state index in [1.165, 1.54) is 24.9 Å². The van der Waals surface area contributed by atoms with E-state index in [9.17, 15) is 20.0 Å². The highest BCUT2D eigenvalue weighted by atomic mass is 16.6. The first-order chi connectivity index (χ1) is 8.30. The number of nitro groups is 1. The SMILES string of the molecule is CCCC(C)(Nc1nn(C)cc1[N+](=O)[O-])C(=O)O. The summed E-state index contributed by atoms with van der Waals surface area (Å²) >= 11 is 0. The van der Waals surface area contributed by atoms with Gasteiger partial charge in [-0.1, -0.05) is 13.3 Å². The third kappa shape index (κ3) is 2.76. The van der Waals surface area contributed by atoms with E-state index in [2.05, 4.69) is 10.4 Å². The second-order valence-electron chi connectivity index (χ2n) is 4.31. The van der Waals surface area contributed by atoms with Crippen molar-refractivity contribution >= 4 is 17.5 Å². The molecule has 1 rings (SSSR count). The van der Waals surface area contributed by atoms with Gasteiger partial charge in [0.1, 0.15) is 11.7 Å². The molecule has 0 bridgehead atoms. The number of aliphatic carboxylic acids is 1. The molecule has 0 fully saturated rings. The molecule has 1 unspecified atom stereocenters. The van der Waals surface area contributed by atoms with Gasteiger partial charge < -0.3 is 10.4 Å². The van der Waals surface area contributed by atoms with Crippen molar-refractivity contribution in [2.75, 3.05) is 5.32 Å². The zero-order valence-electron chi connectivity index (χ0n) is 10.5. The Morgan fingerprint density at radius 1 is 1.72 bits per heavy atom. The van der Waals surface area contributed by atoms with Crippen molar-refractivity contribution < 1.29 is 14.8 Å².